The third kappa shape index (κ3) is 8.79. The Hall–Kier alpha value is 0. The van der Waals surface area contributed by atoms with E-state index in [1.807, 2.05) is 0 Å². The molecule has 2 aliphatic carbocycles. The van der Waals surface area contributed by atoms with Gasteiger partial charge in [0.2, 0.25) is 0 Å². The lowest BCUT2D eigenvalue weighted by Crippen LogP contribution is -2.25. The first-order valence-electron chi connectivity index (χ1n) is 12.8. The largest absolute Gasteiger partial charge is 0.0654 e. The van der Waals surface area contributed by atoms with Crippen LogP contribution in [0.3, 0.4) is 0 Å². The Balaban J connectivity index is 1.50. The first-order chi connectivity index (χ1) is 12.8. The van der Waals surface area contributed by atoms with Crippen LogP contribution in [0.25, 0.3) is 0 Å². The second-order valence-corrected chi connectivity index (χ2v) is 9.97. The third-order valence-corrected chi connectivity index (χ3v) is 7.88. The summed E-state index contributed by atoms with van der Waals surface area (Å²) in [5.41, 5.74) is 0. The van der Waals surface area contributed by atoms with Gasteiger partial charge in [0.1, 0.15) is 0 Å². The summed E-state index contributed by atoms with van der Waals surface area (Å²) in [6, 6.07) is 0. The van der Waals surface area contributed by atoms with E-state index in [-0.39, 0.29) is 0 Å². The first-order valence-corrected chi connectivity index (χ1v) is 12.8. The first kappa shape index (κ1) is 22.3. The molecule has 0 bridgehead atoms. The van der Waals surface area contributed by atoms with Gasteiger partial charge in [-0.2, -0.15) is 0 Å². The van der Waals surface area contributed by atoms with Crippen molar-refractivity contribution < 1.29 is 0 Å². The van der Waals surface area contributed by atoms with Crippen molar-refractivity contribution in [1.82, 2.24) is 0 Å². The van der Waals surface area contributed by atoms with Gasteiger partial charge < -0.3 is 0 Å². The van der Waals surface area contributed by atoms with Crippen molar-refractivity contribution in [2.45, 2.75) is 142 Å². The van der Waals surface area contributed by atoms with E-state index in [1.54, 1.807) is 64.2 Å². The normalized spacial score (nSPS) is 29.8. The highest BCUT2D eigenvalue weighted by molar-refractivity contribution is 4.82. The zero-order chi connectivity index (χ0) is 18.5. The van der Waals surface area contributed by atoms with E-state index >= 15 is 0 Å². The van der Waals surface area contributed by atoms with Crippen LogP contribution in [0, 0.1) is 23.7 Å². The molecule has 0 aromatic heterocycles. The molecule has 2 fully saturated rings. The van der Waals surface area contributed by atoms with Crippen molar-refractivity contribution >= 4 is 0 Å². The van der Waals surface area contributed by atoms with Crippen LogP contribution in [0.15, 0.2) is 0 Å². The highest BCUT2D eigenvalue weighted by Gasteiger charge is 2.30. The van der Waals surface area contributed by atoms with Crippen molar-refractivity contribution in [1.29, 1.82) is 0 Å². The van der Waals surface area contributed by atoms with Crippen LogP contribution in [0.5, 0.6) is 0 Å². The predicted molar refractivity (Wildman–Crippen MR) is 118 cm³/mol. The number of hydrogen-bond donors (Lipinski definition) is 0. The summed E-state index contributed by atoms with van der Waals surface area (Å²) in [6.45, 7) is 4.64. The van der Waals surface area contributed by atoms with E-state index in [9.17, 15) is 0 Å². The Kier molecular flexibility index (Phi) is 12.1. The van der Waals surface area contributed by atoms with E-state index in [0.717, 1.165) is 23.7 Å². The summed E-state index contributed by atoms with van der Waals surface area (Å²) in [4.78, 5) is 0. The minimum absolute atomic E-state index is 1.09. The number of hydrogen-bond acceptors (Lipinski definition) is 0. The minimum atomic E-state index is 1.09. The maximum atomic E-state index is 2.32. The lowest BCUT2D eigenvalue weighted by molar-refractivity contribution is 0.139. The molecule has 0 aromatic rings. The summed E-state index contributed by atoms with van der Waals surface area (Å²) in [7, 11) is 0. The molecule has 0 saturated heterocycles. The molecule has 0 radical (unpaired) electrons. The van der Waals surface area contributed by atoms with E-state index in [4.69, 9.17) is 0 Å². The molecule has 0 amide bonds. The molecule has 2 rings (SSSR count). The summed E-state index contributed by atoms with van der Waals surface area (Å²) in [5, 5.41) is 0. The van der Waals surface area contributed by atoms with Gasteiger partial charge in [0.05, 0.1) is 0 Å². The van der Waals surface area contributed by atoms with Crippen LogP contribution in [0.1, 0.15) is 142 Å². The van der Waals surface area contributed by atoms with Gasteiger partial charge in [-0.25, -0.2) is 0 Å². The van der Waals surface area contributed by atoms with Gasteiger partial charge in [-0.3, -0.25) is 0 Å². The van der Waals surface area contributed by atoms with Gasteiger partial charge in [-0.15, -0.1) is 0 Å². The molecule has 2 aliphatic rings. The summed E-state index contributed by atoms with van der Waals surface area (Å²) in [6.07, 6.45) is 30.3. The second-order valence-electron chi connectivity index (χ2n) is 9.97. The Morgan fingerprint density at radius 2 is 0.769 bits per heavy atom. The fourth-order valence-corrected chi connectivity index (χ4v) is 5.97. The molecular formula is C26H50. The van der Waals surface area contributed by atoms with Crippen molar-refractivity contribution in [3.63, 3.8) is 0 Å². The summed E-state index contributed by atoms with van der Waals surface area (Å²) >= 11 is 0. The smallest absolute Gasteiger partial charge is 0.0386 e. The molecule has 0 aromatic carbocycles. The van der Waals surface area contributed by atoms with E-state index in [2.05, 4.69) is 13.8 Å². The highest BCUT2D eigenvalue weighted by Crippen LogP contribution is 2.43. The van der Waals surface area contributed by atoms with E-state index in [1.165, 1.54) is 64.2 Å². The van der Waals surface area contributed by atoms with Crippen LogP contribution in [-0.4, -0.2) is 0 Å². The maximum Gasteiger partial charge on any atom is -0.0386 e. The minimum Gasteiger partial charge on any atom is -0.0654 e. The van der Waals surface area contributed by atoms with E-state index < -0.39 is 0 Å². The Bertz CT molecular complexity index is 272. The van der Waals surface area contributed by atoms with Gasteiger partial charge in [0.25, 0.3) is 0 Å². The lowest BCUT2D eigenvalue weighted by atomic mass is 9.68. The topological polar surface area (TPSA) is 0 Å². The van der Waals surface area contributed by atoms with E-state index in [0.29, 0.717) is 0 Å². The molecule has 26 heavy (non-hydrogen) atoms. The van der Waals surface area contributed by atoms with Crippen LogP contribution in [-0.2, 0) is 0 Å². The molecule has 0 unspecified atom stereocenters. The Morgan fingerprint density at radius 3 is 1.12 bits per heavy atom. The van der Waals surface area contributed by atoms with Gasteiger partial charge in [-0.1, -0.05) is 117 Å². The van der Waals surface area contributed by atoms with Gasteiger partial charge in [0.15, 0.2) is 0 Å². The zero-order valence-corrected chi connectivity index (χ0v) is 18.5. The van der Waals surface area contributed by atoms with Crippen LogP contribution in [0.2, 0.25) is 0 Å². The molecule has 0 N–H and O–H groups in total. The number of unbranched alkanes of at least 4 members (excludes halogenated alkanes) is 8. The van der Waals surface area contributed by atoms with Crippen molar-refractivity contribution in [2.75, 3.05) is 0 Å². The molecule has 0 heterocycles. The van der Waals surface area contributed by atoms with Crippen molar-refractivity contribution in [3.8, 4) is 0 Å². The molecule has 0 aliphatic heterocycles. The predicted octanol–water partition coefficient (Wildman–Crippen LogP) is 9.32. The molecule has 0 heteroatoms. The maximum absolute atomic E-state index is 2.32. The van der Waals surface area contributed by atoms with Crippen LogP contribution >= 0.6 is 0 Å². The second kappa shape index (κ2) is 14.1. The molecule has 2 saturated carbocycles. The molecular weight excluding hydrogens is 312 g/mol. The highest BCUT2D eigenvalue weighted by atomic mass is 14.4. The van der Waals surface area contributed by atoms with Gasteiger partial charge in [-0.05, 0) is 49.4 Å². The molecule has 154 valence electrons. The van der Waals surface area contributed by atoms with Gasteiger partial charge in [0, 0.05) is 0 Å². The fourth-order valence-electron chi connectivity index (χ4n) is 5.97. The summed E-state index contributed by atoms with van der Waals surface area (Å²) < 4.78 is 0. The average molecular weight is 363 g/mol. The fraction of sp³-hybridized carbons (Fsp3) is 1.00. The molecule has 0 atom stereocenters. The molecule has 0 nitrogen and oxygen atoms in total. The Morgan fingerprint density at radius 1 is 0.423 bits per heavy atom. The average Bonchev–Trinajstić information content (AvgIpc) is 2.69. The van der Waals surface area contributed by atoms with Crippen molar-refractivity contribution in [2.24, 2.45) is 23.7 Å². The quantitative estimate of drug-likeness (QED) is 0.286. The van der Waals surface area contributed by atoms with Gasteiger partial charge >= 0.3 is 0 Å². The third-order valence-electron chi connectivity index (χ3n) is 7.88. The monoisotopic (exact) mass is 362 g/mol. The van der Waals surface area contributed by atoms with Crippen LogP contribution in [0.4, 0.5) is 0 Å². The van der Waals surface area contributed by atoms with Crippen LogP contribution < -0.4 is 0 Å². The van der Waals surface area contributed by atoms with Crippen molar-refractivity contribution in [3.05, 3.63) is 0 Å². The number of rotatable bonds is 13. The SMILES string of the molecule is CCCCCCC[C@H]1CC[C@H]([C@H]2CC[C@H](CCCCCCC)CC2)CC1. The summed E-state index contributed by atoms with van der Waals surface area (Å²) in [5.74, 6) is 4.40. The standard InChI is InChI=1S/C26H50/c1-3-5-7-9-11-13-23-15-19-25(20-16-23)26-21-17-24(18-22-26)14-12-10-8-6-4-2/h23-26H,3-22H2,1-2H3/t23-,24-,25-,26-. The zero-order valence-electron chi connectivity index (χ0n) is 18.5. The molecule has 0 spiro atoms. The lowest BCUT2D eigenvalue weighted by Gasteiger charge is -2.38. The Labute approximate surface area is 166 Å².